The van der Waals surface area contributed by atoms with Gasteiger partial charge in [-0.25, -0.2) is 0 Å². The summed E-state index contributed by atoms with van der Waals surface area (Å²) in [5.74, 6) is -0.0255. The van der Waals surface area contributed by atoms with E-state index in [1.807, 2.05) is 0 Å². The fourth-order valence-electron chi connectivity index (χ4n) is 0.254. The molecule has 0 bridgehead atoms. The highest BCUT2D eigenvalue weighted by molar-refractivity contribution is 5.91. The first-order valence-corrected chi connectivity index (χ1v) is 2.17. The van der Waals surface area contributed by atoms with Crippen LogP contribution in [0.4, 0.5) is 0 Å². The first-order valence-electron chi connectivity index (χ1n) is 2.17. The first kappa shape index (κ1) is 6.37. The molecule has 0 aromatic carbocycles. The molecule has 7 heavy (non-hydrogen) atoms. The monoisotopic (exact) mass is 99.1 g/mol. The molecule has 0 fully saturated rings. The molecule has 0 aliphatic heterocycles. The lowest BCUT2D eigenvalue weighted by atomic mass is 10.4. The fourth-order valence-corrected chi connectivity index (χ4v) is 0.254. The zero-order valence-corrected chi connectivity index (χ0v) is 4.35. The molecule has 2 heteroatoms. The Morgan fingerprint density at radius 3 is 2.57 bits per heavy atom. The summed E-state index contributed by atoms with van der Waals surface area (Å²) >= 11 is 0. The Kier molecular flexibility index (Phi) is 3.24. The zero-order valence-electron chi connectivity index (χ0n) is 4.35. The van der Waals surface area contributed by atoms with Crippen molar-refractivity contribution >= 4 is 5.78 Å². The molecule has 0 saturated carbocycles. The smallest absolute Gasteiger partial charge is 0.168 e. The normalized spacial score (nSPS) is 10.0. The van der Waals surface area contributed by atoms with Crippen LogP contribution < -0.4 is 5.73 Å². The van der Waals surface area contributed by atoms with E-state index in [9.17, 15) is 4.79 Å². The van der Waals surface area contributed by atoms with Crippen molar-refractivity contribution in [3.05, 3.63) is 12.2 Å². The van der Waals surface area contributed by atoms with Crippen LogP contribution in [0.1, 0.15) is 6.92 Å². The van der Waals surface area contributed by atoms with Crippen LogP contribution >= 0.6 is 0 Å². The minimum absolute atomic E-state index is 0.0255. The van der Waals surface area contributed by atoms with Gasteiger partial charge in [0.2, 0.25) is 0 Å². The quantitative estimate of drug-likeness (QED) is 0.498. The molecule has 0 aliphatic carbocycles. The predicted octanol–water partition coefficient (Wildman–Crippen LogP) is 0.0903. The highest BCUT2D eigenvalue weighted by Crippen LogP contribution is 1.69. The van der Waals surface area contributed by atoms with Crippen molar-refractivity contribution in [3.63, 3.8) is 0 Å². The second-order valence-corrected chi connectivity index (χ2v) is 1.17. The van der Waals surface area contributed by atoms with Gasteiger partial charge in [-0.15, -0.1) is 0 Å². The molecule has 0 saturated heterocycles. The number of carbonyl (C=O) groups excluding carboxylic acids is 1. The fraction of sp³-hybridized carbons (Fsp3) is 0.400. The van der Waals surface area contributed by atoms with Crippen LogP contribution in [0.25, 0.3) is 0 Å². The Balaban J connectivity index is 3.37. The van der Waals surface area contributed by atoms with E-state index in [0.717, 1.165) is 0 Å². The molecule has 0 spiro atoms. The number of carbonyl (C=O) groups is 1. The molecular weight excluding hydrogens is 90.1 g/mol. The second-order valence-electron chi connectivity index (χ2n) is 1.17. The van der Waals surface area contributed by atoms with Crippen molar-refractivity contribution in [1.29, 1.82) is 0 Å². The summed E-state index contributed by atoms with van der Waals surface area (Å²) < 4.78 is 0. The number of rotatable bonds is 2. The molecule has 0 unspecified atom stereocenters. The summed E-state index contributed by atoms with van der Waals surface area (Å²) in [7, 11) is 0. The Labute approximate surface area is 43.0 Å². The van der Waals surface area contributed by atoms with Crippen LogP contribution in [0.2, 0.25) is 0 Å². The van der Waals surface area contributed by atoms with Crippen molar-refractivity contribution in [3.8, 4) is 0 Å². The minimum atomic E-state index is -0.0255. The molecule has 0 atom stereocenters. The molecule has 40 valence electrons. The van der Waals surface area contributed by atoms with Gasteiger partial charge in [0, 0.05) is 0 Å². The first-order chi connectivity index (χ1) is 3.31. The third kappa shape index (κ3) is 3.19. The van der Waals surface area contributed by atoms with E-state index in [0.29, 0.717) is 0 Å². The van der Waals surface area contributed by atoms with Crippen molar-refractivity contribution in [1.82, 2.24) is 0 Å². The summed E-state index contributed by atoms with van der Waals surface area (Å²) in [5.41, 5.74) is 4.96. The Morgan fingerprint density at radius 2 is 2.43 bits per heavy atom. The highest BCUT2D eigenvalue weighted by Gasteiger charge is 1.84. The maximum Gasteiger partial charge on any atom is 0.168 e. The SMILES string of the molecule is CC=CC(=O)CN. The van der Waals surface area contributed by atoms with Crippen molar-refractivity contribution < 1.29 is 4.79 Å². The van der Waals surface area contributed by atoms with Gasteiger partial charge in [-0.2, -0.15) is 0 Å². The van der Waals surface area contributed by atoms with E-state index in [-0.39, 0.29) is 12.3 Å². The van der Waals surface area contributed by atoms with Crippen molar-refractivity contribution in [2.75, 3.05) is 6.54 Å². The van der Waals surface area contributed by atoms with Crippen LogP contribution in [-0.2, 0) is 4.79 Å². The van der Waals surface area contributed by atoms with Crippen molar-refractivity contribution in [2.24, 2.45) is 5.73 Å². The third-order valence-electron chi connectivity index (χ3n) is 0.554. The van der Waals surface area contributed by atoms with Crippen molar-refractivity contribution in [2.45, 2.75) is 6.92 Å². The lowest BCUT2D eigenvalue weighted by Gasteiger charge is -1.79. The Morgan fingerprint density at radius 1 is 1.86 bits per heavy atom. The predicted molar refractivity (Wildman–Crippen MR) is 28.9 cm³/mol. The van der Waals surface area contributed by atoms with Crippen LogP contribution in [-0.4, -0.2) is 12.3 Å². The molecule has 0 heterocycles. The highest BCUT2D eigenvalue weighted by atomic mass is 16.1. The summed E-state index contributed by atoms with van der Waals surface area (Å²) in [6.07, 6.45) is 3.13. The molecule has 0 amide bonds. The number of nitrogens with two attached hydrogens (primary N) is 1. The van der Waals surface area contributed by atoms with Gasteiger partial charge in [-0.1, -0.05) is 6.08 Å². The molecule has 0 radical (unpaired) electrons. The Hall–Kier alpha value is -0.630. The lowest BCUT2D eigenvalue weighted by molar-refractivity contribution is -0.113. The maximum absolute atomic E-state index is 10.2. The molecule has 0 aromatic rings. The topological polar surface area (TPSA) is 43.1 Å². The van der Waals surface area contributed by atoms with Gasteiger partial charge in [0.15, 0.2) is 5.78 Å². The molecule has 2 N–H and O–H groups in total. The number of allylic oxidation sites excluding steroid dienone is 1. The van der Waals surface area contributed by atoms with Gasteiger partial charge in [0.25, 0.3) is 0 Å². The van der Waals surface area contributed by atoms with Crippen LogP contribution in [0, 0.1) is 0 Å². The average molecular weight is 99.1 g/mol. The average Bonchev–Trinajstić information content (AvgIpc) is 1.68. The number of hydrogen-bond donors (Lipinski definition) is 1. The van der Waals surface area contributed by atoms with Crippen LogP contribution in [0.3, 0.4) is 0 Å². The standard InChI is InChI=1S/C5H9NO/c1-2-3-5(7)4-6/h2-3H,4,6H2,1H3. The van der Waals surface area contributed by atoms with Crippen LogP contribution in [0.15, 0.2) is 12.2 Å². The summed E-state index contributed by atoms with van der Waals surface area (Å²) in [6.45, 7) is 1.90. The number of ketones is 1. The lowest BCUT2D eigenvalue weighted by Crippen LogP contribution is -2.09. The van der Waals surface area contributed by atoms with Crippen LogP contribution in [0.5, 0.6) is 0 Å². The maximum atomic E-state index is 10.2. The van der Waals surface area contributed by atoms with Gasteiger partial charge in [0.1, 0.15) is 0 Å². The molecule has 0 rings (SSSR count). The van der Waals surface area contributed by atoms with E-state index < -0.39 is 0 Å². The molecule has 0 aromatic heterocycles. The largest absolute Gasteiger partial charge is 0.324 e. The summed E-state index contributed by atoms with van der Waals surface area (Å²) in [4.78, 5) is 10.2. The van der Waals surface area contributed by atoms with Gasteiger partial charge < -0.3 is 5.73 Å². The zero-order chi connectivity index (χ0) is 5.70. The van der Waals surface area contributed by atoms with E-state index in [1.54, 1.807) is 13.0 Å². The third-order valence-corrected chi connectivity index (χ3v) is 0.554. The minimum Gasteiger partial charge on any atom is -0.324 e. The van der Waals surface area contributed by atoms with Gasteiger partial charge in [-0.3, -0.25) is 4.79 Å². The van der Waals surface area contributed by atoms with E-state index in [1.165, 1.54) is 6.08 Å². The van der Waals surface area contributed by atoms with Gasteiger partial charge in [0.05, 0.1) is 6.54 Å². The number of hydrogen-bond acceptors (Lipinski definition) is 2. The van der Waals surface area contributed by atoms with E-state index in [2.05, 4.69) is 0 Å². The Bertz CT molecular complexity index is 86.1. The molecular formula is C5H9NO. The van der Waals surface area contributed by atoms with Gasteiger partial charge >= 0.3 is 0 Å². The van der Waals surface area contributed by atoms with Gasteiger partial charge in [-0.05, 0) is 13.0 Å². The van der Waals surface area contributed by atoms with E-state index >= 15 is 0 Å². The molecule has 2 nitrogen and oxygen atoms in total. The second kappa shape index (κ2) is 3.56. The summed E-state index contributed by atoms with van der Waals surface area (Å²) in [5, 5.41) is 0. The summed E-state index contributed by atoms with van der Waals surface area (Å²) in [6, 6.07) is 0. The van der Waals surface area contributed by atoms with E-state index in [4.69, 9.17) is 5.73 Å². The molecule has 0 aliphatic rings.